The number of aromatic nitrogens is 1. The quantitative estimate of drug-likeness (QED) is 0.875. The highest BCUT2D eigenvalue weighted by Crippen LogP contribution is 2.28. The number of hydrogen-bond donors (Lipinski definition) is 1. The summed E-state index contributed by atoms with van der Waals surface area (Å²) in [5.74, 6) is 0. The van der Waals surface area contributed by atoms with Gasteiger partial charge in [-0.15, -0.1) is 11.3 Å². The Morgan fingerprint density at radius 3 is 3.00 bits per heavy atom. The Hall–Kier alpha value is -0.650. The van der Waals surface area contributed by atoms with Gasteiger partial charge >= 0.3 is 0 Å². The van der Waals surface area contributed by atoms with Crippen molar-refractivity contribution in [2.75, 3.05) is 24.6 Å². The molecule has 0 radical (unpaired) electrons. The topological polar surface area (TPSA) is 37.4 Å². The Bertz CT molecular complexity index is 433. The average Bonchev–Trinajstić information content (AvgIpc) is 2.70. The van der Waals surface area contributed by atoms with Crippen molar-refractivity contribution in [2.24, 2.45) is 0 Å². The summed E-state index contributed by atoms with van der Waals surface area (Å²) in [6.45, 7) is 12.6. The van der Waals surface area contributed by atoms with Crippen molar-refractivity contribution in [2.45, 2.75) is 65.6 Å². The van der Waals surface area contributed by atoms with E-state index < -0.39 is 0 Å². The Morgan fingerprint density at radius 1 is 1.48 bits per heavy atom. The third-order valence-electron chi connectivity index (χ3n) is 3.65. The molecule has 0 aliphatic carbocycles. The van der Waals surface area contributed by atoms with Crippen LogP contribution in [0, 0.1) is 0 Å². The molecule has 21 heavy (non-hydrogen) atoms. The van der Waals surface area contributed by atoms with E-state index in [4.69, 9.17) is 9.72 Å². The number of hydrogen-bond acceptors (Lipinski definition) is 5. The van der Waals surface area contributed by atoms with Gasteiger partial charge in [-0.25, -0.2) is 4.98 Å². The fourth-order valence-electron chi connectivity index (χ4n) is 2.54. The zero-order valence-corrected chi connectivity index (χ0v) is 14.6. The summed E-state index contributed by atoms with van der Waals surface area (Å²) in [5.41, 5.74) is 1.28. The van der Waals surface area contributed by atoms with E-state index in [1.807, 2.05) is 11.3 Å². The molecule has 5 heteroatoms. The smallest absolute Gasteiger partial charge is 0.185 e. The van der Waals surface area contributed by atoms with Gasteiger partial charge in [0, 0.05) is 37.2 Å². The molecule has 0 saturated carbocycles. The lowest BCUT2D eigenvalue weighted by atomic mass is 10.2. The second-order valence-electron chi connectivity index (χ2n) is 6.13. The third-order valence-corrected chi connectivity index (χ3v) is 4.81. The summed E-state index contributed by atoms with van der Waals surface area (Å²) >= 11 is 1.86. The van der Waals surface area contributed by atoms with Gasteiger partial charge in [-0.2, -0.15) is 0 Å². The first kappa shape index (κ1) is 16.7. The van der Waals surface area contributed by atoms with Gasteiger partial charge < -0.3 is 15.0 Å². The van der Waals surface area contributed by atoms with Gasteiger partial charge in [-0.1, -0.05) is 27.2 Å². The molecule has 4 nitrogen and oxygen atoms in total. The summed E-state index contributed by atoms with van der Waals surface area (Å²) in [6.07, 6.45) is 3.61. The minimum absolute atomic E-state index is 0.295. The van der Waals surface area contributed by atoms with Gasteiger partial charge in [0.1, 0.15) is 0 Å². The van der Waals surface area contributed by atoms with Gasteiger partial charge in [0.05, 0.1) is 11.8 Å². The fourth-order valence-corrected chi connectivity index (χ4v) is 3.63. The molecule has 0 spiro atoms. The Kier molecular flexibility index (Phi) is 6.45. The maximum atomic E-state index is 5.74. The maximum absolute atomic E-state index is 5.74. The van der Waals surface area contributed by atoms with E-state index in [1.165, 1.54) is 15.7 Å². The van der Waals surface area contributed by atoms with Crippen LogP contribution in [0.3, 0.4) is 0 Å². The predicted molar refractivity (Wildman–Crippen MR) is 90.3 cm³/mol. The Balaban J connectivity index is 2.12. The van der Waals surface area contributed by atoms with Gasteiger partial charge in [0.2, 0.25) is 0 Å². The first-order valence-corrected chi connectivity index (χ1v) is 9.00. The van der Waals surface area contributed by atoms with Crippen molar-refractivity contribution in [3.63, 3.8) is 0 Å². The van der Waals surface area contributed by atoms with Crippen LogP contribution in [0.5, 0.6) is 0 Å². The highest BCUT2D eigenvalue weighted by atomic mass is 32.1. The van der Waals surface area contributed by atoms with Crippen LogP contribution >= 0.6 is 11.3 Å². The van der Waals surface area contributed by atoms with Crippen LogP contribution < -0.4 is 10.2 Å². The summed E-state index contributed by atoms with van der Waals surface area (Å²) in [7, 11) is 0. The molecule has 1 N–H and O–H groups in total. The highest BCUT2D eigenvalue weighted by molar-refractivity contribution is 7.15. The molecule has 1 aliphatic rings. The molecule has 0 bridgehead atoms. The second-order valence-corrected chi connectivity index (χ2v) is 7.19. The molecule has 0 aromatic carbocycles. The highest BCUT2D eigenvalue weighted by Gasteiger charge is 2.20. The first-order valence-electron chi connectivity index (χ1n) is 8.18. The fraction of sp³-hybridized carbons (Fsp3) is 0.812. The van der Waals surface area contributed by atoms with Crippen LogP contribution in [0.1, 0.15) is 51.1 Å². The second kappa shape index (κ2) is 8.11. The molecule has 2 rings (SSSR count). The molecule has 1 aliphatic heterocycles. The first-order chi connectivity index (χ1) is 10.1. The Morgan fingerprint density at radius 2 is 2.29 bits per heavy atom. The van der Waals surface area contributed by atoms with Gasteiger partial charge in [0.15, 0.2) is 5.13 Å². The zero-order valence-electron chi connectivity index (χ0n) is 13.8. The molecule has 1 fully saturated rings. The largest absolute Gasteiger partial charge is 0.377 e. The lowest BCUT2D eigenvalue weighted by molar-refractivity contribution is 0.0821. The minimum atomic E-state index is 0.295. The van der Waals surface area contributed by atoms with Crippen molar-refractivity contribution in [1.82, 2.24) is 10.3 Å². The van der Waals surface area contributed by atoms with E-state index in [9.17, 15) is 0 Å². The molecule has 0 amide bonds. The number of anilines is 1. The number of thiazole rings is 1. The van der Waals surface area contributed by atoms with Crippen LogP contribution in [-0.4, -0.2) is 36.8 Å². The SMILES string of the molecule is CCCc1nc(N2CCCOC(C)C2)sc1CNC(C)C. The normalized spacial score (nSPS) is 20.0. The molecule has 2 heterocycles. The van der Waals surface area contributed by atoms with E-state index in [2.05, 4.69) is 37.9 Å². The Labute approximate surface area is 132 Å². The van der Waals surface area contributed by atoms with E-state index in [1.54, 1.807) is 0 Å². The molecule has 1 aromatic rings. The van der Waals surface area contributed by atoms with Crippen LogP contribution in [0.25, 0.3) is 0 Å². The van der Waals surface area contributed by atoms with Gasteiger partial charge in [-0.05, 0) is 19.8 Å². The lowest BCUT2D eigenvalue weighted by Gasteiger charge is -2.20. The van der Waals surface area contributed by atoms with Crippen molar-refractivity contribution in [3.05, 3.63) is 10.6 Å². The number of nitrogens with zero attached hydrogens (tertiary/aromatic N) is 2. The summed E-state index contributed by atoms with van der Waals surface area (Å²) in [6, 6.07) is 0.511. The van der Waals surface area contributed by atoms with E-state index in [0.29, 0.717) is 12.1 Å². The van der Waals surface area contributed by atoms with Crippen LogP contribution in [-0.2, 0) is 17.7 Å². The predicted octanol–water partition coefficient (Wildman–Crippen LogP) is 3.21. The van der Waals surface area contributed by atoms with Crippen molar-refractivity contribution >= 4 is 16.5 Å². The zero-order chi connectivity index (χ0) is 15.2. The van der Waals surface area contributed by atoms with E-state index in [0.717, 1.165) is 45.5 Å². The van der Waals surface area contributed by atoms with E-state index >= 15 is 0 Å². The molecule has 1 unspecified atom stereocenters. The number of ether oxygens (including phenoxy) is 1. The molecule has 1 atom stereocenters. The summed E-state index contributed by atoms with van der Waals surface area (Å²) in [4.78, 5) is 8.73. The summed E-state index contributed by atoms with van der Waals surface area (Å²) < 4.78 is 5.74. The van der Waals surface area contributed by atoms with Crippen LogP contribution in [0.2, 0.25) is 0 Å². The number of rotatable bonds is 6. The van der Waals surface area contributed by atoms with Crippen molar-refractivity contribution in [3.8, 4) is 0 Å². The van der Waals surface area contributed by atoms with Gasteiger partial charge in [0.25, 0.3) is 0 Å². The summed E-state index contributed by atoms with van der Waals surface area (Å²) in [5, 5.41) is 4.70. The van der Waals surface area contributed by atoms with Crippen LogP contribution in [0.15, 0.2) is 0 Å². The monoisotopic (exact) mass is 311 g/mol. The number of aryl methyl sites for hydroxylation is 1. The lowest BCUT2D eigenvalue weighted by Crippen LogP contribution is -2.29. The van der Waals surface area contributed by atoms with E-state index in [-0.39, 0.29) is 0 Å². The van der Waals surface area contributed by atoms with Crippen LogP contribution in [0.4, 0.5) is 5.13 Å². The van der Waals surface area contributed by atoms with Crippen molar-refractivity contribution in [1.29, 1.82) is 0 Å². The molecule has 1 saturated heterocycles. The third kappa shape index (κ3) is 4.94. The standard InChI is InChI=1S/C16H29N3OS/c1-5-7-14-15(10-17-12(2)3)21-16(18-14)19-8-6-9-20-13(4)11-19/h12-13,17H,5-11H2,1-4H3. The van der Waals surface area contributed by atoms with Crippen molar-refractivity contribution < 1.29 is 4.74 Å². The molecular weight excluding hydrogens is 282 g/mol. The average molecular weight is 311 g/mol. The minimum Gasteiger partial charge on any atom is -0.377 e. The number of nitrogens with one attached hydrogen (secondary N) is 1. The maximum Gasteiger partial charge on any atom is 0.185 e. The molecule has 1 aromatic heterocycles. The molecule has 120 valence electrons. The van der Waals surface area contributed by atoms with Gasteiger partial charge in [-0.3, -0.25) is 0 Å². The molecular formula is C16H29N3OS.